The summed E-state index contributed by atoms with van der Waals surface area (Å²) in [4.78, 5) is 10.8. The van der Waals surface area contributed by atoms with E-state index < -0.39 is 0 Å². The number of fused-ring (bicyclic) bond motifs is 1. The van der Waals surface area contributed by atoms with Gasteiger partial charge in [0.1, 0.15) is 6.29 Å². The van der Waals surface area contributed by atoms with Crippen LogP contribution in [0, 0.1) is 5.92 Å². The third-order valence-corrected chi connectivity index (χ3v) is 4.39. The second kappa shape index (κ2) is 5.66. The first kappa shape index (κ1) is 13.2. The molecule has 0 bridgehead atoms. The van der Waals surface area contributed by atoms with Crippen LogP contribution in [0.5, 0.6) is 0 Å². The first-order valence-electron chi connectivity index (χ1n) is 7.50. The van der Waals surface area contributed by atoms with Crippen LogP contribution in [0.3, 0.4) is 0 Å². The predicted molar refractivity (Wildman–Crippen MR) is 84.4 cm³/mol. The van der Waals surface area contributed by atoms with Crippen LogP contribution < -0.4 is 5.32 Å². The molecule has 0 aliphatic heterocycles. The van der Waals surface area contributed by atoms with Gasteiger partial charge in [-0.25, -0.2) is 0 Å². The van der Waals surface area contributed by atoms with Crippen molar-refractivity contribution in [3.63, 3.8) is 0 Å². The van der Waals surface area contributed by atoms with Gasteiger partial charge >= 0.3 is 0 Å². The third-order valence-electron chi connectivity index (χ3n) is 4.39. The smallest absolute Gasteiger partial charge is 0.150 e. The lowest BCUT2D eigenvalue weighted by atomic mass is 9.87. The van der Waals surface area contributed by atoms with E-state index in [1.54, 1.807) is 0 Å². The van der Waals surface area contributed by atoms with Crippen molar-refractivity contribution in [3.05, 3.63) is 42.0 Å². The molecule has 2 nitrogen and oxygen atoms in total. The third kappa shape index (κ3) is 2.84. The highest BCUT2D eigenvalue weighted by atomic mass is 16.1. The summed E-state index contributed by atoms with van der Waals surface area (Å²) in [6, 6.07) is 12.8. The maximum atomic E-state index is 10.8. The molecule has 1 aliphatic carbocycles. The van der Waals surface area contributed by atoms with E-state index in [1.165, 1.54) is 36.8 Å². The summed E-state index contributed by atoms with van der Waals surface area (Å²) in [5, 5.41) is 5.96. The molecule has 0 radical (unpaired) electrons. The van der Waals surface area contributed by atoms with Crippen molar-refractivity contribution in [1.29, 1.82) is 0 Å². The van der Waals surface area contributed by atoms with Gasteiger partial charge in [-0.15, -0.1) is 0 Å². The van der Waals surface area contributed by atoms with E-state index in [0.29, 0.717) is 6.04 Å². The van der Waals surface area contributed by atoms with Gasteiger partial charge in [-0.3, -0.25) is 4.79 Å². The molecule has 0 aromatic heterocycles. The molecular formula is C18H21NO. The Balaban J connectivity index is 1.77. The number of rotatable bonds is 3. The van der Waals surface area contributed by atoms with Crippen molar-refractivity contribution in [2.45, 2.75) is 38.6 Å². The molecule has 1 saturated carbocycles. The summed E-state index contributed by atoms with van der Waals surface area (Å²) in [6.07, 6.45) is 6.09. The molecule has 2 heteroatoms. The number of aldehydes is 1. The fourth-order valence-electron chi connectivity index (χ4n) is 3.07. The molecule has 2 aromatic rings. The number of anilines is 1. The molecule has 0 amide bonds. The molecule has 1 fully saturated rings. The van der Waals surface area contributed by atoms with Gasteiger partial charge in [0.2, 0.25) is 0 Å². The largest absolute Gasteiger partial charge is 0.382 e. The van der Waals surface area contributed by atoms with Gasteiger partial charge in [-0.2, -0.15) is 0 Å². The van der Waals surface area contributed by atoms with E-state index >= 15 is 0 Å². The van der Waals surface area contributed by atoms with Gasteiger partial charge in [-0.05, 0) is 60.6 Å². The Morgan fingerprint density at radius 1 is 1.00 bits per heavy atom. The standard InChI is InChI=1S/C18H21NO/c1-13-2-7-17(8-3-13)19-18-9-6-15-10-14(12-20)4-5-16(15)11-18/h4-6,9-13,17,19H,2-3,7-8H2,1H3. The number of carbonyl (C=O) groups excluding carboxylic acids is 1. The molecule has 0 heterocycles. The molecule has 104 valence electrons. The van der Waals surface area contributed by atoms with E-state index in [-0.39, 0.29) is 0 Å². The lowest BCUT2D eigenvalue weighted by Gasteiger charge is -2.27. The summed E-state index contributed by atoms with van der Waals surface area (Å²) in [5.41, 5.74) is 1.93. The molecule has 3 rings (SSSR count). The van der Waals surface area contributed by atoms with E-state index in [9.17, 15) is 4.79 Å². The molecular weight excluding hydrogens is 246 g/mol. The Labute approximate surface area is 120 Å². The first-order valence-corrected chi connectivity index (χ1v) is 7.50. The molecule has 0 spiro atoms. The minimum atomic E-state index is 0.609. The van der Waals surface area contributed by atoms with Gasteiger partial charge in [-0.1, -0.05) is 25.1 Å². The molecule has 20 heavy (non-hydrogen) atoms. The molecule has 1 aliphatic rings. The van der Waals surface area contributed by atoms with E-state index in [2.05, 4.69) is 30.4 Å². The molecule has 0 atom stereocenters. The minimum Gasteiger partial charge on any atom is -0.382 e. The average Bonchev–Trinajstić information content (AvgIpc) is 2.49. The SMILES string of the molecule is CC1CCC(Nc2ccc3cc(C=O)ccc3c2)CC1. The Morgan fingerprint density at radius 3 is 2.45 bits per heavy atom. The monoisotopic (exact) mass is 267 g/mol. The Bertz CT molecular complexity index is 612. The highest BCUT2D eigenvalue weighted by molar-refractivity contribution is 5.90. The summed E-state index contributed by atoms with van der Waals surface area (Å²) < 4.78 is 0. The maximum Gasteiger partial charge on any atom is 0.150 e. The summed E-state index contributed by atoms with van der Waals surface area (Å²) >= 11 is 0. The van der Waals surface area contributed by atoms with Gasteiger partial charge in [0.05, 0.1) is 0 Å². The van der Waals surface area contributed by atoms with Crippen LogP contribution in [0.2, 0.25) is 0 Å². The Morgan fingerprint density at radius 2 is 1.70 bits per heavy atom. The highest BCUT2D eigenvalue weighted by Gasteiger charge is 2.17. The zero-order valence-corrected chi connectivity index (χ0v) is 11.9. The summed E-state index contributed by atoms with van der Waals surface area (Å²) in [5.74, 6) is 0.881. The maximum absolute atomic E-state index is 10.8. The van der Waals surface area contributed by atoms with Crippen molar-refractivity contribution < 1.29 is 4.79 Å². The van der Waals surface area contributed by atoms with Crippen LogP contribution in [0.15, 0.2) is 36.4 Å². The van der Waals surface area contributed by atoms with Crippen molar-refractivity contribution in [1.82, 2.24) is 0 Å². The van der Waals surface area contributed by atoms with E-state index in [1.807, 2.05) is 18.2 Å². The average molecular weight is 267 g/mol. The van der Waals surface area contributed by atoms with E-state index in [0.717, 1.165) is 23.2 Å². The van der Waals surface area contributed by atoms with Crippen LogP contribution in [0.4, 0.5) is 5.69 Å². The number of nitrogens with one attached hydrogen (secondary N) is 1. The molecule has 1 N–H and O–H groups in total. The number of carbonyl (C=O) groups is 1. The normalized spacial score (nSPS) is 22.6. The fraction of sp³-hybridized carbons (Fsp3) is 0.389. The van der Waals surface area contributed by atoms with Gasteiger partial charge in [0, 0.05) is 17.3 Å². The van der Waals surface area contributed by atoms with Crippen molar-refractivity contribution in [3.8, 4) is 0 Å². The molecule has 0 saturated heterocycles. The number of hydrogen-bond donors (Lipinski definition) is 1. The summed E-state index contributed by atoms with van der Waals surface area (Å²) in [6.45, 7) is 2.34. The van der Waals surface area contributed by atoms with Crippen LogP contribution >= 0.6 is 0 Å². The topological polar surface area (TPSA) is 29.1 Å². The zero-order chi connectivity index (χ0) is 13.9. The first-order chi connectivity index (χ1) is 9.74. The van der Waals surface area contributed by atoms with Crippen molar-refractivity contribution in [2.24, 2.45) is 5.92 Å². The number of hydrogen-bond acceptors (Lipinski definition) is 2. The van der Waals surface area contributed by atoms with Gasteiger partial charge in [0.15, 0.2) is 0 Å². The second-order valence-corrected chi connectivity index (χ2v) is 6.04. The minimum absolute atomic E-state index is 0.609. The predicted octanol–water partition coefficient (Wildman–Crippen LogP) is 4.64. The van der Waals surface area contributed by atoms with Crippen LogP contribution in [0.1, 0.15) is 43.0 Å². The van der Waals surface area contributed by atoms with Crippen LogP contribution in [-0.4, -0.2) is 12.3 Å². The second-order valence-electron chi connectivity index (χ2n) is 6.04. The fourth-order valence-corrected chi connectivity index (χ4v) is 3.07. The summed E-state index contributed by atoms with van der Waals surface area (Å²) in [7, 11) is 0. The van der Waals surface area contributed by atoms with Crippen molar-refractivity contribution >= 4 is 22.7 Å². The Kier molecular flexibility index (Phi) is 3.72. The lowest BCUT2D eigenvalue weighted by molar-refractivity contribution is 0.112. The highest BCUT2D eigenvalue weighted by Crippen LogP contribution is 2.27. The van der Waals surface area contributed by atoms with Gasteiger partial charge in [0.25, 0.3) is 0 Å². The van der Waals surface area contributed by atoms with Gasteiger partial charge < -0.3 is 5.32 Å². The quantitative estimate of drug-likeness (QED) is 0.821. The zero-order valence-electron chi connectivity index (χ0n) is 11.9. The van der Waals surface area contributed by atoms with Crippen LogP contribution in [0.25, 0.3) is 10.8 Å². The molecule has 0 unspecified atom stereocenters. The van der Waals surface area contributed by atoms with E-state index in [4.69, 9.17) is 0 Å². The lowest BCUT2D eigenvalue weighted by Crippen LogP contribution is -2.25. The van der Waals surface area contributed by atoms with Crippen LogP contribution in [-0.2, 0) is 0 Å². The number of benzene rings is 2. The molecule has 2 aromatic carbocycles. The van der Waals surface area contributed by atoms with Crippen molar-refractivity contribution in [2.75, 3.05) is 5.32 Å². The Hall–Kier alpha value is -1.83.